The van der Waals surface area contributed by atoms with Gasteiger partial charge in [-0.2, -0.15) is 0 Å². The van der Waals surface area contributed by atoms with E-state index in [0.29, 0.717) is 24.1 Å². The molecule has 2 aromatic carbocycles. The molecular formula is C24H26N2O6S. The largest absolute Gasteiger partial charge is 0.465 e. The van der Waals surface area contributed by atoms with E-state index < -0.39 is 26.8 Å². The molecule has 2 aromatic rings. The van der Waals surface area contributed by atoms with E-state index in [9.17, 15) is 22.8 Å². The number of carbonyl (C=O) groups excluding carboxylic acids is 3. The monoisotopic (exact) mass is 470 g/mol. The summed E-state index contributed by atoms with van der Waals surface area (Å²) in [5.74, 6) is -1.25. The SMILES string of the molecule is COC(=O)c1ccc(NS(=O)(=O)c2ccc(N3C(=O)[C@H]4CC[C@@](C)(C3=O)C4(C)C)cc2)cc1. The van der Waals surface area contributed by atoms with Crippen LogP contribution in [0.1, 0.15) is 44.0 Å². The summed E-state index contributed by atoms with van der Waals surface area (Å²) in [5.41, 5.74) is -0.130. The van der Waals surface area contributed by atoms with E-state index in [2.05, 4.69) is 9.46 Å². The maximum atomic E-state index is 13.3. The van der Waals surface area contributed by atoms with Gasteiger partial charge >= 0.3 is 5.97 Å². The summed E-state index contributed by atoms with van der Waals surface area (Å²) in [7, 11) is -2.66. The Bertz CT molecular complexity index is 1230. The molecule has 1 saturated carbocycles. The van der Waals surface area contributed by atoms with Gasteiger partial charge in [-0.3, -0.25) is 14.3 Å². The van der Waals surface area contributed by atoms with Gasteiger partial charge in [0.2, 0.25) is 11.8 Å². The number of carbonyl (C=O) groups is 3. The van der Waals surface area contributed by atoms with Gasteiger partial charge in [-0.15, -0.1) is 0 Å². The molecule has 4 rings (SSSR count). The highest BCUT2D eigenvalue weighted by atomic mass is 32.2. The lowest BCUT2D eigenvalue weighted by Gasteiger charge is -2.47. The third kappa shape index (κ3) is 3.51. The summed E-state index contributed by atoms with van der Waals surface area (Å²) in [6.07, 6.45) is 1.31. The van der Waals surface area contributed by atoms with E-state index in [0.717, 1.165) is 0 Å². The zero-order valence-electron chi connectivity index (χ0n) is 18.9. The number of methoxy groups -OCH3 is 1. The molecule has 8 nitrogen and oxygen atoms in total. The molecule has 9 heteroatoms. The highest BCUT2D eigenvalue weighted by Gasteiger charge is 2.64. The Balaban J connectivity index is 1.56. The zero-order chi connectivity index (χ0) is 24.2. The molecule has 0 unspecified atom stereocenters. The van der Waals surface area contributed by atoms with Crippen LogP contribution in [-0.2, 0) is 24.3 Å². The lowest BCUT2D eigenvalue weighted by molar-refractivity contribution is -0.146. The van der Waals surface area contributed by atoms with Crippen LogP contribution in [0.3, 0.4) is 0 Å². The van der Waals surface area contributed by atoms with Crippen LogP contribution in [-0.4, -0.2) is 33.3 Å². The number of piperidine rings is 1. The maximum absolute atomic E-state index is 13.3. The van der Waals surface area contributed by atoms with Crippen molar-refractivity contribution < 1.29 is 27.5 Å². The Labute approximate surface area is 193 Å². The normalized spacial score (nSPS) is 24.0. The first kappa shape index (κ1) is 23.0. The van der Waals surface area contributed by atoms with Crippen LogP contribution in [0.25, 0.3) is 0 Å². The minimum absolute atomic E-state index is 0.0188. The minimum atomic E-state index is -3.92. The Morgan fingerprint density at radius 2 is 1.64 bits per heavy atom. The average molecular weight is 471 g/mol. The first-order chi connectivity index (χ1) is 15.4. The Hall–Kier alpha value is -3.20. The van der Waals surface area contributed by atoms with E-state index in [1.807, 2.05) is 20.8 Å². The Morgan fingerprint density at radius 1 is 1.03 bits per heavy atom. The summed E-state index contributed by atoms with van der Waals surface area (Å²) in [6.45, 7) is 5.84. The number of imide groups is 1. The van der Waals surface area contributed by atoms with Gasteiger partial charge < -0.3 is 4.74 Å². The van der Waals surface area contributed by atoms with Crippen molar-refractivity contribution in [2.24, 2.45) is 16.7 Å². The Morgan fingerprint density at radius 3 is 2.21 bits per heavy atom. The molecule has 1 N–H and O–H groups in total. The fourth-order valence-corrected chi connectivity index (χ4v) is 5.90. The second kappa shape index (κ2) is 7.69. The molecule has 2 aliphatic rings. The summed E-state index contributed by atoms with van der Waals surface area (Å²) < 4.78 is 32.7. The van der Waals surface area contributed by atoms with Gasteiger partial charge in [0.15, 0.2) is 0 Å². The molecule has 0 aromatic heterocycles. The molecular weight excluding hydrogens is 444 g/mol. The molecule has 1 aliphatic heterocycles. The van der Waals surface area contributed by atoms with Crippen LogP contribution in [0.2, 0.25) is 0 Å². The van der Waals surface area contributed by atoms with Crippen LogP contribution in [0, 0.1) is 16.7 Å². The number of ether oxygens (including phenoxy) is 1. The van der Waals surface area contributed by atoms with Gasteiger partial charge in [-0.1, -0.05) is 20.8 Å². The van der Waals surface area contributed by atoms with Crippen molar-refractivity contribution in [3.05, 3.63) is 54.1 Å². The number of benzene rings is 2. The molecule has 33 heavy (non-hydrogen) atoms. The second-order valence-corrected chi connectivity index (χ2v) is 11.0. The highest BCUT2D eigenvalue weighted by molar-refractivity contribution is 7.92. The predicted octanol–water partition coefficient (Wildman–Crippen LogP) is 3.59. The first-order valence-corrected chi connectivity index (χ1v) is 12.1. The van der Waals surface area contributed by atoms with E-state index in [-0.39, 0.29) is 28.3 Å². The molecule has 2 amide bonds. The molecule has 0 spiro atoms. The molecule has 2 atom stereocenters. The van der Waals surface area contributed by atoms with Crippen molar-refractivity contribution in [2.45, 2.75) is 38.5 Å². The van der Waals surface area contributed by atoms with Crippen LogP contribution in [0.5, 0.6) is 0 Å². The van der Waals surface area contributed by atoms with Gasteiger partial charge in [0.25, 0.3) is 10.0 Å². The van der Waals surface area contributed by atoms with E-state index in [1.165, 1.54) is 60.5 Å². The number of esters is 1. The molecule has 1 saturated heterocycles. The molecule has 2 bridgehead atoms. The number of hydrogen-bond acceptors (Lipinski definition) is 6. The fourth-order valence-electron chi connectivity index (χ4n) is 4.84. The number of anilines is 2. The van der Waals surface area contributed by atoms with Crippen molar-refractivity contribution in [1.82, 2.24) is 0 Å². The number of hydrogen-bond donors (Lipinski definition) is 1. The number of rotatable bonds is 5. The maximum Gasteiger partial charge on any atom is 0.337 e. The number of amides is 2. The van der Waals surface area contributed by atoms with Crippen LogP contribution >= 0.6 is 0 Å². The van der Waals surface area contributed by atoms with E-state index in [4.69, 9.17) is 0 Å². The first-order valence-electron chi connectivity index (χ1n) is 10.6. The van der Waals surface area contributed by atoms with Gasteiger partial charge in [0.05, 0.1) is 28.7 Å². The number of nitrogens with one attached hydrogen (secondary N) is 1. The molecule has 1 heterocycles. The molecule has 174 valence electrons. The van der Waals surface area contributed by atoms with Gasteiger partial charge in [-0.25, -0.2) is 18.1 Å². The third-order valence-electron chi connectivity index (χ3n) is 7.38. The van der Waals surface area contributed by atoms with Gasteiger partial charge in [0, 0.05) is 11.6 Å². The highest BCUT2D eigenvalue weighted by Crippen LogP contribution is 2.60. The molecule has 0 radical (unpaired) electrons. The van der Waals surface area contributed by atoms with Crippen molar-refractivity contribution in [3.63, 3.8) is 0 Å². The summed E-state index contributed by atoms with van der Waals surface area (Å²) in [4.78, 5) is 39.1. The van der Waals surface area contributed by atoms with Crippen molar-refractivity contribution >= 4 is 39.2 Å². The number of fused-ring (bicyclic) bond motifs is 2. The van der Waals surface area contributed by atoms with Gasteiger partial charge in [-0.05, 0) is 66.8 Å². The quantitative estimate of drug-likeness (QED) is 0.528. The summed E-state index contributed by atoms with van der Waals surface area (Å²) in [5, 5.41) is 0. The number of sulfonamides is 1. The third-order valence-corrected chi connectivity index (χ3v) is 8.78. The minimum Gasteiger partial charge on any atom is -0.465 e. The topological polar surface area (TPSA) is 110 Å². The van der Waals surface area contributed by atoms with Gasteiger partial charge in [0.1, 0.15) is 0 Å². The van der Waals surface area contributed by atoms with Crippen molar-refractivity contribution in [3.8, 4) is 0 Å². The van der Waals surface area contributed by atoms with Crippen LogP contribution in [0.15, 0.2) is 53.4 Å². The lowest BCUT2D eigenvalue weighted by atomic mass is 9.62. The van der Waals surface area contributed by atoms with Crippen LogP contribution < -0.4 is 9.62 Å². The number of nitrogens with zero attached hydrogens (tertiary/aromatic N) is 1. The van der Waals surface area contributed by atoms with E-state index in [1.54, 1.807) is 0 Å². The standard InChI is InChI=1S/C24H26N2O6S/c1-23(2)19-13-14-24(23,3)22(29)26(20(19)27)17-9-11-18(12-10-17)33(30,31)25-16-7-5-15(6-8-16)21(28)32-4/h5-12,19,25H,13-14H2,1-4H3/t19-,24+/m1/s1. The molecule has 2 fully saturated rings. The van der Waals surface area contributed by atoms with E-state index >= 15 is 0 Å². The summed E-state index contributed by atoms with van der Waals surface area (Å²) >= 11 is 0. The second-order valence-electron chi connectivity index (χ2n) is 9.29. The Kier molecular flexibility index (Phi) is 5.35. The fraction of sp³-hybridized carbons (Fsp3) is 0.375. The van der Waals surface area contributed by atoms with Crippen LogP contribution in [0.4, 0.5) is 11.4 Å². The predicted molar refractivity (Wildman–Crippen MR) is 122 cm³/mol. The molecule has 1 aliphatic carbocycles. The average Bonchev–Trinajstić information content (AvgIpc) is 2.96. The zero-order valence-corrected chi connectivity index (χ0v) is 19.7. The summed E-state index contributed by atoms with van der Waals surface area (Å²) in [6, 6.07) is 11.5. The smallest absolute Gasteiger partial charge is 0.337 e. The van der Waals surface area contributed by atoms with Crippen molar-refractivity contribution in [1.29, 1.82) is 0 Å². The van der Waals surface area contributed by atoms with Crippen molar-refractivity contribution in [2.75, 3.05) is 16.7 Å². The lowest BCUT2D eigenvalue weighted by Crippen LogP contribution is -2.59.